The van der Waals surface area contributed by atoms with E-state index in [1.165, 1.54) is 0 Å². The number of hydrogen-bond acceptors (Lipinski definition) is 3. The summed E-state index contributed by atoms with van der Waals surface area (Å²) in [6.07, 6.45) is 0. The maximum absolute atomic E-state index is 9.24. The molecule has 4 nitrogen and oxygen atoms in total. The van der Waals surface area contributed by atoms with Gasteiger partial charge in [-0.25, -0.2) is 0 Å². The molecule has 2 aromatic rings. The molecule has 0 saturated heterocycles. The minimum Gasteiger partial charge on any atom is -0.423 e. The van der Waals surface area contributed by atoms with Gasteiger partial charge < -0.3 is 10.0 Å². The number of nitrogens with one attached hydrogen (secondary N) is 1. The van der Waals surface area contributed by atoms with Crippen molar-refractivity contribution in [2.45, 2.75) is 6.92 Å². The number of hydrogen-bond donors (Lipinski definition) is 3. The molecule has 0 amide bonds. The van der Waals surface area contributed by atoms with Gasteiger partial charge in [-0.15, -0.1) is 0 Å². The van der Waals surface area contributed by atoms with E-state index in [-0.39, 0.29) is 0 Å². The normalized spacial score (nSPS) is 10.9. The van der Waals surface area contributed by atoms with E-state index in [0.29, 0.717) is 15.6 Å². The predicted molar refractivity (Wildman–Crippen MR) is 58.4 cm³/mol. The summed E-state index contributed by atoms with van der Waals surface area (Å²) in [5.41, 5.74) is 2.03. The summed E-state index contributed by atoms with van der Waals surface area (Å²) < 4.78 is 0.666. The minimum atomic E-state index is -1.48. The third-order valence-corrected chi connectivity index (χ3v) is 2.77. The molecule has 0 aliphatic carbocycles. The average Bonchev–Trinajstić information content (AvgIpc) is 2.47. The van der Waals surface area contributed by atoms with Crippen molar-refractivity contribution in [2.24, 2.45) is 0 Å². The van der Waals surface area contributed by atoms with Crippen LogP contribution in [0.15, 0.2) is 16.7 Å². The van der Waals surface area contributed by atoms with Gasteiger partial charge in [-0.05, 0) is 34.4 Å². The van der Waals surface area contributed by atoms with Gasteiger partial charge in [0.25, 0.3) is 0 Å². The van der Waals surface area contributed by atoms with Gasteiger partial charge in [-0.2, -0.15) is 5.10 Å². The molecule has 1 heterocycles. The number of halogens is 1. The van der Waals surface area contributed by atoms with Gasteiger partial charge in [0.2, 0.25) is 0 Å². The molecule has 0 fully saturated rings. The van der Waals surface area contributed by atoms with Crippen LogP contribution in [-0.4, -0.2) is 27.4 Å². The molecule has 2 rings (SSSR count). The Morgan fingerprint density at radius 3 is 2.79 bits per heavy atom. The first-order valence-electron chi connectivity index (χ1n) is 4.10. The van der Waals surface area contributed by atoms with Gasteiger partial charge in [0, 0.05) is 5.39 Å². The van der Waals surface area contributed by atoms with Crippen LogP contribution in [0.3, 0.4) is 0 Å². The molecule has 0 atom stereocenters. The zero-order valence-corrected chi connectivity index (χ0v) is 9.04. The highest BCUT2D eigenvalue weighted by Gasteiger charge is 2.20. The van der Waals surface area contributed by atoms with Crippen molar-refractivity contribution < 1.29 is 10.0 Å². The number of fused-ring (bicyclic) bond motifs is 1. The number of nitrogens with zero attached hydrogens (tertiary/aromatic N) is 1. The Morgan fingerprint density at radius 2 is 2.14 bits per heavy atom. The van der Waals surface area contributed by atoms with Gasteiger partial charge in [-0.1, -0.05) is 11.6 Å². The molecule has 1 aromatic carbocycles. The van der Waals surface area contributed by atoms with Crippen molar-refractivity contribution in [1.29, 1.82) is 0 Å². The molecule has 3 N–H and O–H groups in total. The van der Waals surface area contributed by atoms with E-state index in [0.717, 1.165) is 10.9 Å². The van der Waals surface area contributed by atoms with Crippen molar-refractivity contribution in [1.82, 2.24) is 10.2 Å². The van der Waals surface area contributed by atoms with Crippen LogP contribution in [0.5, 0.6) is 0 Å². The van der Waals surface area contributed by atoms with Crippen molar-refractivity contribution >= 4 is 39.4 Å². The van der Waals surface area contributed by atoms with Crippen LogP contribution in [-0.2, 0) is 0 Å². The third kappa shape index (κ3) is 1.35. The van der Waals surface area contributed by atoms with Gasteiger partial charge in [0.1, 0.15) is 4.60 Å². The summed E-state index contributed by atoms with van der Waals surface area (Å²) in [5, 5.41) is 26.0. The Kier molecular flexibility index (Phi) is 2.34. The molecule has 0 radical (unpaired) electrons. The lowest BCUT2D eigenvalue weighted by molar-refractivity contribution is 0.426. The predicted octanol–water partition coefficient (Wildman–Crippen LogP) is 0.314. The van der Waals surface area contributed by atoms with Crippen LogP contribution in [0.25, 0.3) is 10.9 Å². The van der Waals surface area contributed by atoms with Crippen molar-refractivity contribution in [2.75, 3.05) is 0 Å². The Labute approximate surface area is 89.2 Å². The number of benzene rings is 1. The summed E-state index contributed by atoms with van der Waals surface area (Å²) in [6.45, 7) is 1.83. The zero-order valence-electron chi connectivity index (χ0n) is 7.45. The Balaban J connectivity index is 2.87. The second-order valence-electron chi connectivity index (χ2n) is 3.10. The van der Waals surface area contributed by atoms with Crippen LogP contribution in [0, 0.1) is 6.92 Å². The van der Waals surface area contributed by atoms with E-state index in [4.69, 9.17) is 0 Å². The monoisotopic (exact) mass is 254 g/mol. The fourth-order valence-corrected chi connectivity index (χ4v) is 2.04. The van der Waals surface area contributed by atoms with Crippen LogP contribution in [0.2, 0.25) is 0 Å². The smallest absolute Gasteiger partial charge is 0.423 e. The van der Waals surface area contributed by atoms with Crippen LogP contribution in [0.1, 0.15) is 5.56 Å². The summed E-state index contributed by atoms with van der Waals surface area (Å²) >= 11 is 3.28. The maximum atomic E-state index is 9.24. The highest BCUT2D eigenvalue weighted by Crippen LogP contribution is 2.20. The SMILES string of the molecule is Cc1ccc2n[nH]c(Br)c2c1B(O)O. The standard InChI is InChI=1S/C8H8BBrN2O2/c1-4-2-3-5-6(7(4)9(13)14)8(10)12-11-5/h2-3,13-14H,1H3,(H,11,12). The molecular formula is C8H8BBrN2O2. The van der Waals surface area contributed by atoms with E-state index >= 15 is 0 Å². The second kappa shape index (κ2) is 3.38. The lowest BCUT2D eigenvalue weighted by Gasteiger charge is -2.05. The molecule has 0 aliphatic heterocycles. The minimum absolute atomic E-state index is 0.489. The van der Waals surface area contributed by atoms with Gasteiger partial charge in [0.15, 0.2) is 0 Å². The molecule has 0 spiro atoms. The Hall–Kier alpha value is -0.845. The quantitative estimate of drug-likeness (QED) is 0.642. The van der Waals surface area contributed by atoms with E-state index < -0.39 is 7.12 Å². The second-order valence-corrected chi connectivity index (χ2v) is 3.89. The Morgan fingerprint density at radius 1 is 1.43 bits per heavy atom. The summed E-state index contributed by atoms with van der Waals surface area (Å²) in [7, 11) is -1.48. The molecule has 0 bridgehead atoms. The highest BCUT2D eigenvalue weighted by atomic mass is 79.9. The number of aromatic amines is 1. The topological polar surface area (TPSA) is 69.1 Å². The van der Waals surface area contributed by atoms with Crippen LogP contribution < -0.4 is 5.46 Å². The molecule has 6 heteroatoms. The molecule has 0 aliphatic rings. The number of H-pyrrole nitrogens is 1. The summed E-state index contributed by atoms with van der Waals surface area (Å²) in [6, 6.07) is 3.64. The number of aromatic nitrogens is 2. The third-order valence-electron chi connectivity index (χ3n) is 2.19. The first-order valence-corrected chi connectivity index (χ1v) is 4.89. The van der Waals surface area contributed by atoms with Gasteiger partial charge in [0.05, 0.1) is 5.52 Å². The Bertz CT molecular complexity index is 483. The molecule has 14 heavy (non-hydrogen) atoms. The lowest BCUT2D eigenvalue weighted by Crippen LogP contribution is -2.32. The van der Waals surface area contributed by atoms with Crippen LogP contribution >= 0.6 is 15.9 Å². The molecular weight excluding hydrogens is 247 g/mol. The fourth-order valence-electron chi connectivity index (χ4n) is 1.53. The van der Waals surface area contributed by atoms with Crippen molar-refractivity contribution in [3.8, 4) is 0 Å². The zero-order chi connectivity index (χ0) is 10.3. The van der Waals surface area contributed by atoms with E-state index in [1.54, 1.807) is 0 Å². The molecule has 0 saturated carbocycles. The molecule has 0 unspecified atom stereocenters. The van der Waals surface area contributed by atoms with E-state index in [2.05, 4.69) is 26.1 Å². The van der Waals surface area contributed by atoms with Gasteiger partial charge >= 0.3 is 7.12 Å². The summed E-state index contributed by atoms with van der Waals surface area (Å²) in [4.78, 5) is 0. The number of aryl methyl sites for hydroxylation is 1. The van der Waals surface area contributed by atoms with E-state index in [9.17, 15) is 10.0 Å². The average molecular weight is 255 g/mol. The van der Waals surface area contributed by atoms with E-state index in [1.807, 2.05) is 19.1 Å². The van der Waals surface area contributed by atoms with Gasteiger partial charge in [-0.3, -0.25) is 5.10 Å². The number of rotatable bonds is 1. The first kappa shape index (κ1) is 9.70. The van der Waals surface area contributed by atoms with Crippen LogP contribution in [0.4, 0.5) is 0 Å². The largest absolute Gasteiger partial charge is 0.489 e. The summed E-state index contributed by atoms with van der Waals surface area (Å²) in [5.74, 6) is 0. The maximum Gasteiger partial charge on any atom is 0.489 e. The fraction of sp³-hybridized carbons (Fsp3) is 0.125. The molecule has 1 aromatic heterocycles. The first-order chi connectivity index (χ1) is 6.61. The molecule has 72 valence electrons. The van der Waals surface area contributed by atoms with Crippen molar-refractivity contribution in [3.05, 3.63) is 22.3 Å². The van der Waals surface area contributed by atoms with Crippen molar-refractivity contribution in [3.63, 3.8) is 0 Å². The lowest BCUT2D eigenvalue weighted by atomic mass is 9.75. The highest BCUT2D eigenvalue weighted by molar-refractivity contribution is 9.10.